The summed E-state index contributed by atoms with van der Waals surface area (Å²) >= 11 is 0. The summed E-state index contributed by atoms with van der Waals surface area (Å²) in [5, 5.41) is 13.4. The number of amides is 1. The Morgan fingerprint density at radius 3 is 2.36 bits per heavy atom. The van der Waals surface area contributed by atoms with E-state index in [0.717, 1.165) is 0 Å². The van der Waals surface area contributed by atoms with Crippen LogP contribution in [0.2, 0.25) is 0 Å². The number of aromatic carboxylic acids is 1. The molecule has 0 aliphatic rings. The number of hydrogen-bond donors (Lipinski definition) is 1. The zero-order valence-corrected chi connectivity index (χ0v) is 11.9. The van der Waals surface area contributed by atoms with Gasteiger partial charge in [-0.3, -0.25) is 4.79 Å². The number of carbonyl (C=O) groups is 2. The number of para-hydroxylation sites is 3. The summed E-state index contributed by atoms with van der Waals surface area (Å²) in [4.78, 5) is 22.8. The van der Waals surface area contributed by atoms with Crippen LogP contribution in [0.5, 0.6) is 11.5 Å². The second-order valence-corrected chi connectivity index (χ2v) is 4.32. The lowest BCUT2D eigenvalue weighted by Crippen LogP contribution is -2.26. The third-order valence-corrected chi connectivity index (χ3v) is 2.85. The summed E-state index contributed by atoms with van der Waals surface area (Å²) in [6.45, 7) is -0.276. The molecule has 2 rings (SSSR count). The first-order chi connectivity index (χ1) is 10.6. The minimum atomic E-state index is -1.36. The van der Waals surface area contributed by atoms with Crippen LogP contribution in [-0.2, 0) is 4.79 Å². The Morgan fingerprint density at radius 2 is 1.68 bits per heavy atom. The molecule has 0 unspecified atom stereocenters. The minimum absolute atomic E-state index is 0.0897. The Labute approximate surface area is 127 Å². The quantitative estimate of drug-likeness (QED) is 0.862. The Kier molecular flexibility index (Phi) is 4.98. The molecule has 22 heavy (non-hydrogen) atoms. The van der Waals surface area contributed by atoms with Crippen LogP contribution in [0.15, 0.2) is 48.5 Å². The highest BCUT2D eigenvalue weighted by atomic mass is 16.5. The monoisotopic (exact) mass is 300 g/mol. The van der Waals surface area contributed by atoms with Gasteiger partial charge < -0.3 is 24.7 Å². The molecule has 0 radical (unpaired) electrons. The molecule has 0 aliphatic heterocycles. The van der Waals surface area contributed by atoms with E-state index in [1.807, 2.05) is 0 Å². The van der Waals surface area contributed by atoms with Crippen molar-refractivity contribution in [3.63, 3.8) is 0 Å². The number of ether oxygens (including phenoxy) is 2. The summed E-state index contributed by atoms with van der Waals surface area (Å²) in [5.41, 5.74) is 0.0734. The molecule has 0 fully saturated rings. The Hall–Kier alpha value is -3.02. The minimum Gasteiger partial charge on any atom is -0.545 e. The summed E-state index contributed by atoms with van der Waals surface area (Å²) in [6.07, 6.45) is 0. The molecule has 0 saturated carbocycles. The van der Waals surface area contributed by atoms with Gasteiger partial charge in [0, 0.05) is 11.3 Å². The van der Waals surface area contributed by atoms with Crippen LogP contribution >= 0.6 is 0 Å². The number of hydrogen-bond acceptors (Lipinski definition) is 5. The second kappa shape index (κ2) is 7.12. The fourth-order valence-electron chi connectivity index (χ4n) is 1.84. The topological polar surface area (TPSA) is 87.7 Å². The number of anilines is 1. The maximum Gasteiger partial charge on any atom is 0.262 e. The second-order valence-electron chi connectivity index (χ2n) is 4.32. The van der Waals surface area contributed by atoms with Crippen molar-refractivity contribution in [3.8, 4) is 11.5 Å². The highest BCUT2D eigenvalue weighted by molar-refractivity contribution is 6.00. The lowest BCUT2D eigenvalue weighted by Gasteiger charge is -2.13. The van der Waals surface area contributed by atoms with Gasteiger partial charge in [0.05, 0.1) is 13.1 Å². The number of rotatable bonds is 6. The van der Waals surface area contributed by atoms with Crippen LogP contribution in [0.25, 0.3) is 0 Å². The molecule has 114 valence electrons. The lowest BCUT2D eigenvalue weighted by atomic mass is 10.2. The van der Waals surface area contributed by atoms with Gasteiger partial charge in [-0.15, -0.1) is 0 Å². The van der Waals surface area contributed by atoms with Crippen molar-refractivity contribution in [3.05, 3.63) is 54.1 Å². The van der Waals surface area contributed by atoms with Gasteiger partial charge in [-0.25, -0.2) is 0 Å². The Bertz CT molecular complexity index is 684. The number of carboxylic acids is 1. The zero-order chi connectivity index (χ0) is 15.9. The first kappa shape index (κ1) is 15.4. The molecule has 0 aromatic heterocycles. The van der Waals surface area contributed by atoms with E-state index in [1.54, 1.807) is 36.4 Å². The summed E-state index contributed by atoms with van der Waals surface area (Å²) in [5.74, 6) is -0.917. The molecule has 2 aromatic rings. The fraction of sp³-hybridized carbons (Fsp3) is 0.125. The van der Waals surface area contributed by atoms with Gasteiger partial charge in [-0.05, 0) is 18.2 Å². The van der Waals surface area contributed by atoms with Crippen molar-refractivity contribution in [1.29, 1.82) is 0 Å². The van der Waals surface area contributed by atoms with E-state index in [1.165, 1.54) is 19.2 Å². The molecule has 0 saturated heterocycles. The summed E-state index contributed by atoms with van der Waals surface area (Å²) < 4.78 is 10.5. The summed E-state index contributed by atoms with van der Waals surface area (Å²) in [6, 6.07) is 12.9. The standard InChI is InChI=1S/C16H15NO5/c1-21-13-8-4-5-9-14(13)22-10-15(18)17-12-7-3-2-6-11(12)16(19)20/h2-9H,10H2,1H3,(H,17,18)(H,19,20)/p-1. The van der Waals surface area contributed by atoms with Crippen LogP contribution < -0.4 is 19.9 Å². The normalized spacial score (nSPS) is 9.86. The van der Waals surface area contributed by atoms with Crippen molar-refractivity contribution in [2.45, 2.75) is 0 Å². The van der Waals surface area contributed by atoms with Crippen LogP contribution in [0.3, 0.4) is 0 Å². The van der Waals surface area contributed by atoms with Crippen LogP contribution in [-0.4, -0.2) is 25.6 Å². The third kappa shape index (κ3) is 3.76. The number of carbonyl (C=O) groups excluding carboxylic acids is 2. The maximum absolute atomic E-state index is 11.9. The molecular weight excluding hydrogens is 286 g/mol. The van der Waals surface area contributed by atoms with Crippen LogP contribution in [0.4, 0.5) is 5.69 Å². The molecule has 1 amide bonds. The SMILES string of the molecule is COc1ccccc1OCC(=O)Nc1ccccc1C(=O)[O-]. The largest absolute Gasteiger partial charge is 0.545 e. The van der Waals surface area contributed by atoms with E-state index in [-0.39, 0.29) is 17.9 Å². The van der Waals surface area contributed by atoms with E-state index in [2.05, 4.69) is 5.32 Å². The van der Waals surface area contributed by atoms with Gasteiger partial charge in [0.1, 0.15) is 0 Å². The highest BCUT2D eigenvalue weighted by Gasteiger charge is 2.09. The predicted molar refractivity (Wildman–Crippen MR) is 77.9 cm³/mol. The summed E-state index contributed by atoms with van der Waals surface area (Å²) in [7, 11) is 1.50. The van der Waals surface area contributed by atoms with E-state index in [0.29, 0.717) is 11.5 Å². The number of carboxylic acid groups (broad SMARTS) is 1. The van der Waals surface area contributed by atoms with Gasteiger partial charge in [-0.2, -0.15) is 0 Å². The lowest BCUT2D eigenvalue weighted by molar-refractivity contribution is -0.254. The van der Waals surface area contributed by atoms with Crippen molar-refractivity contribution in [2.24, 2.45) is 0 Å². The Morgan fingerprint density at radius 1 is 1.05 bits per heavy atom. The van der Waals surface area contributed by atoms with Gasteiger partial charge in [0.2, 0.25) is 0 Å². The number of methoxy groups -OCH3 is 1. The highest BCUT2D eigenvalue weighted by Crippen LogP contribution is 2.25. The predicted octanol–water partition coefficient (Wildman–Crippen LogP) is 1.08. The number of benzene rings is 2. The van der Waals surface area contributed by atoms with Crippen LogP contribution in [0, 0.1) is 0 Å². The molecule has 0 aliphatic carbocycles. The molecule has 6 heteroatoms. The molecule has 0 atom stereocenters. The van der Waals surface area contributed by atoms with E-state index in [4.69, 9.17) is 9.47 Å². The molecular formula is C16H14NO5-. The smallest absolute Gasteiger partial charge is 0.262 e. The molecule has 0 bridgehead atoms. The molecule has 0 heterocycles. The van der Waals surface area contributed by atoms with Crippen molar-refractivity contribution >= 4 is 17.6 Å². The van der Waals surface area contributed by atoms with Gasteiger partial charge in [0.25, 0.3) is 5.91 Å². The first-order valence-electron chi connectivity index (χ1n) is 6.48. The zero-order valence-electron chi connectivity index (χ0n) is 11.9. The van der Waals surface area contributed by atoms with Gasteiger partial charge in [0.15, 0.2) is 18.1 Å². The van der Waals surface area contributed by atoms with E-state index < -0.39 is 11.9 Å². The average molecular weight is 300 g/mol. The Balaban J connectivity index is 2.01. The van der Waals surface area contributed by atoms with Crippen molar-refractivity contribution in [2.75, 3.05) is 19.0 Å². The van der Waals surface area contributed by atoms with Gasteiger partial charge >= 0.3 is 0 Å². The van der Waals surface area contributed by atoms with Crippen molar-refractivity contribution in [1.82, 2.24) is 0 Å². The van der Waals surface area contributed by atoms with Crippen LogP contribution in [0.1, 0.15) is 10.4 Å². The van der Waals surface area contributed by atoms with E-state index in [9.17, 15) is 14.7 Å². The molecule has 6 nitrogen and oxygen atoms in total. The van der Waals surface area contributed by atoms with Crippen molar-refractivity contribution < 1.29 is 24.2 Å². The maximum atomic E-state index is 11.9. The number of nitrogens with one attached hydrogen (secondary N) is 1. The third-order valence-electron chi connectivity index (χ3n) is 2.85. The first-order valence-corrected chi connectivity index (χ1v) is 6.48. The molecule has 0 spiro atoms. The van der Waals surface area contributed by atoms with E-state index >= 15 is 0 Å². The van der Waals surface area contributed by atoms with Gasteiger partial charge in [-0.1, -0.05) is 30.3 Å². The average Bonchev–Trinajstić information content (AvgIpc) is 2.53. The molecule has 1 N–H and O–H groups in total. The fourth-order valence-corrected chi connectivity index (χ4v) is 1.84. The molecule has 2 aromatic carbocycles.